The standard InChI is InChI=1S/C21H22F4N8O/c22-13-3-4-14(32-6-5-20(27,8-32)19(34)31-11-1-2-11)12(15(13)21(23,24)25)7-33-10-30-16-17(26)28-9-29-18(16)33/h3-4,9-11H,1-2,5-8,27H2,(H,31,34)(H2,26,28,29). The van der Waals surface area contributed by atoms with Crippen LogP contribution in [0.15, 0.2) is 24.8 Å². The number of carbonyl (C=O) groups excluding carboxylic acids is 1. The molecule has 2 aliphatic rings. The number of carbonyl (C=O) groups is 1. The number of amides is 1. The van der Waals surface area contributed by atoms with Crippen molar-refractivity contribution in [2.75, 3.05) is 23.7 Å². The van der Waals surface area contributed by atoms with Crippen molar-refractivity contribution in [3.05, 3.63) is 41.7 Å². The van der Waals surface area contributed by atoms with E-state index in [9.17, 15) is 22.4 Å². The van der Waals surface area contributed by atoms with Crippen molar-refractivity contribution in [3.63, 3.8) is 0 Å². The second-order valence-electron chi connectivity index (χ2n) is 8.80. The normalized spacial score (nSPS) is 20.8. The zero-order valence-electron chi connectivity index (χ0n) is 17.9. The van der Waals surface area contributed by atoms with Gasteiger partial charge in [0.15, 0.2) is 11.5 Å². The molecule has 1 saturated carbocycles. The first kappa shape index (κ1) is 22.3. The summed E-state index contributed by atoms with van der Waals surface area (Å²) in [6.45, 7) is -0.136. The Morgan fingerprint density at radius 3 is 2.71 bits per heavy atom. The molecular formula is C21H22F4N8O. The second kappa shape index (κ2) is 7.79. The number of benzene rings is 1. The Bertz CT molecular complexity index is 1270. The van der Waals surface area contributed by atoms with Gasteiger partial charge < -0.3 is 26.3 Å². The SMILES string of the molecule is Nc1ncnc2c1ncn2Cc1c(N2CCC(N)(C(=O)NC3CC3)C2)ccc(F)c1C(F)(F)F. The van der Waals surface area contributed by atoms with Gasteiger partial charge in [0.1, 0.15) is 23.2 Å². The Hall–Kier alpha value is -3.48. The molecule has 3 aromatic rings. The van der Waals surface area contributed by atoms with Crippen LogP contribution >= 0.6 is 0 Å². The lowest BCUT2D eigenvalue weighted by Crippen LogP contribution is -2.56. The van der Waals surface area contributed by atoms with Crippen LogP contribution in [0.1, 0.15) is 30.4 Å². The highest BCUT2D eigenvalue weighted by Crippen LogP contribution is 2.40. The molecule has 9 nitrogen and oxygen atoms in total. The van der Waals surface area contributed by atoms with Gasteiger partial charge in [0.05, 0.1) is 18.4 Å². The average Bonchev–Trinajstić information content (AvgIpc) is 3.34. The number of nitrogen functional groups attached to an aromatic ring is 1. The number of alkyl halides is 3. The molecule has 1 aliphatic heterocycles. The van der Waals surface area contributed by atoms with E-state index in [1.54, 1.807) is 4.90 Å². The molecular weight excluding hydrogens is 456 g/mol. The molecule has 5 rings (SSSR count). The molecule has 5 N–H and O–H groups in total. The van der Waals surface area contributed by atoms with Crippen LogP contribution in [0.3, 0.4) is 0 Å². The van der Waals surface area contributed by atoms with Crippen molar-refractivity contribution in [1.82, 2.24) is 24.8 Å². The number of hydrogen-bond acceptors (Lipinski definition) is 7. The monoisotopic (exact) mass is 478 g/mol. The summed E-state index contributed by atoms with van der Waals surface area (Å²) in [4.78, 5) is 26.2. The molecule has 0 spiro atoms. The van der Waals surface area contributed by atoms with Crippen molar-refractivity contribution in [1.29, 1.82) is 0 Å². The number of nitrogens with zero attached hydrogens (tertiary/aromatic N) is 5. The molecule has 3 heterocycles. The number of nitrogens with two attached hydrogens (primary N) is 2. The topological polar surface area (TPSA) is 128 Å². The minimum absolute atomic E-state index is 0.00127. The van der Waals surface area contributed by atoms with Gasteiger partial charge in [0.2, 0.25) is 5.91 Å². The Morgan fingerprint density at radius 1 is 1.24 bits per heavy atom. The van der Waals surface area contributed by atoms with Crippen LogP contribution < -0.4 is 21.7 Å². The molecule has 2 fully saturated rings. The fraction of sp³-hybridized carbons (Fsp3) is 0.429. The average molecular weight is 478 g/mol. The predicted molar refractivity (Wildman–Crippen MR) is 115 cm³/mol. The van der Waals surface area contributed by atoms with E-state index in [1.165, 1.54) is 23.3 Å². The fourth-order valence-corrected chi connectivity index (χ4v) is 4.34. The maximum absolute atomic E-state index is 14.6. The number of hydrogen-bond donors (Lipinski definition) is 3. The van der Waals surface area contributed by atoms with Crippen LogP contribution in [-0.4, -0.2) is 50.1 Å². The summed E-state index contributed by atoms with van der Waals surface area (Å²) in [5.41, 5.74) is 9.77. The van der Waals surface area contributed by atoms with E-state index >= 15 is 0 Å². The highest BCUT2D eigenvalue weighted by molar-refractivity contribution is 5.88. The van der Waals surface area contributed by atoms with Crippen molar-refractivity contribution in [3.8, 4) is 0 Å². The summed E-state index contributed by atoms with van der Waals surface area (Å²) < 4.78 is 57.9. The van der Waals surface area contributed by atoms with E-state index in [-0.39, 0.29) is 66.2 Å². The van der Waals surface area contributed by atoms with Gasteiger partial charge in [-0.1, -0.05) is 0 Å². The van der Waals surface area contributed by atoms with Crippen molar-refractivity contribution < 1.29 is 22.4 Å². The van der Waals surface area contributed by atoms with E-state index in [2.05, 4.69) is 20.3 Å². The summed E-state index contributed by atoms with van der Waals surface area (Å²) in [5, 5.41) is 2.86. The van der Waals surface area contributed by atoms with Gasteiger partial charge in [-0.25, -0.2) is 19.3 Å². The van der Waals surface area contributed by atoms with Gasteiger partial charge in [-0.15, -0.1) is 0 Å². The largest absolute Gasteiger partial charge is 0.419 e. The first-order valence-electron chi connectivity index (χ1n) is 10.7. The molecule has 1 aliphatic carbocycles. The molecule has 180 valence electrons. The quantitative estimate of drug-likeness (QED) is 0.477. The molecule has 0 bridgehead atoms. The first-order valence-corrected chi connectivity index (χ1v) is 10.7. The predicted octanol–water partition coefficient (Wildman–Crippen LogP) is 1.80. The zero-order valence-corrected chi connectivity index (χ0v) is 17.9. The van der Waals surface area contributed by atoms with Gasteiger partial charge in [-0.05, 0) is 31.4 Å². The molecule has 1 unspecified atom stereocenters. The number of nitrogens with one attached hydrogen (secondary N) is 1. The number of imidazole rings is 1. The lowest BCUT2D eigenvalue weighted by Gasteiger charge is -2.28. The summed E-state index contributed by atoms with van der Waals surface area (Å²) in [6.07, 6.45) is -0.477. The van der Waals surface area contributed by atoms with Crippen molar-refractivity contribution >= 4 is 28.6 Å². The van der Waals surface area contributed by atoms with E-state index in [1.807, 2.05) is 0 Å². The highest BCUT2D eigenvalue weighted by atomic mass is 19.4. The molecule has 1 aromatic carbocycles. The number of rotatable bonds is 5. The van der Waals surface area contributed by atoms with Gasteiger partial charge in [-0.2, -0.15) is 13.2 Å². The second-order valence-corrected chi connectivity index (χ2v) is 8.80. The third-order valence-electron chi connectivity index (χ3n) is 6.29. The van der Waals surface area contributed by atoms with Crippen LogP contribution in [0.5, 0.6) is 0 Å². The fourth-order valence-electron chi connectivity index (χ4n) is 4.34. The molecule has 13 heteroatoms. The number of aromatic nitrogens is 4. The molecule has 1 amide bonds. The minimum atomic E-state index is -4.96. The van der Waals surface area contributed by atoms with Gasteiger partial charge in [0.25, 0.3) is 0 Å². The maximum Gasteiger partial charge on any atom is 0.419 e. The van der Waals surface area contributed by atoms with Gasteiger partial charge in [-0.3, -0.25) is 4.79 Å². The van der Waals surface area contributed by atoms with Crippen LogP contribution in [-0.2, 0) is 17.5 Å². The van der Waals surface area contributed by atoms with E-state index < -0.39 is 23.1 Å². The van der Waals surface area contributed by atoms with Crippen molar-refractivity contribution in [2.24, 2.45) is 5.73 Å². The Labute approximate surface area is 191 Å². The molecule has 34 heavy (non-hydrogen) atoms. The highest BCUT2D eigenvalue weighted by Gasteiger charge is 2.45. The Morgan fingerprint density at radius 2 is 2.00 bits per heavy atom. The molecule has 1 saturated heterocycles. The maximum atomic E-state index is 14.6. The Kier molecular flexibility index (Phi) is 5.11. The minimum Gasteiger partial charge on any atom is -0.382 e. The summed E-state index contributed by atoms with van der Waals surface area (Å²) in [7, 11) is 0. The van der Waals surface area contributed by atoms with Crippen LogP contribution in [0, 0.1) is 5.82 Å². The summed E-state index contributed by atoms with van der Waals surface area (Å²) in [6, 6.07) is 2.17. The van der Waals surface area contributed by atoms with Crippen LogP contribution in [0.2, 0.25) is 0 Å². The first-order chi connectivity index (χ1) is 16.1. The zero-order chi connectivity index (χ0) is 24.3. The number of fused-ring (bicyclic) bond motifs is 1. The summed E-state index contributed by atoms with van der Waals surface area (Å²) >= 11 is 0. The third-order valence-corrected chi connectivity index (χ3v) is 6.29. The lowest BCUT2D eigenvalue weighted by atomic mass is 9.98. The molecule has 2 aromatic heterocycles. The molecule has 0 radical (unpaired) electrons. The smallest absolute Gasteiger partial charge is 0.382 e. The lowest BCUT2D eigenvalue weighted by molar-refractivity contribution is -0.140. The van der Waals surface area contributed by atoms with E-state index in [4.69, 9.17) is 11.5 Å². The van der Waals surface area contributed by atoms with Crippen LogP contribution in [0.4, 0.5) is 29.1 Å². The van der Waals surface area contributed by atoms with Gasteiger partial charge in [0, 0.05) is 30.4 Å². The number of anilines is 2. The third kappa shape index (κ3) is 3.89. The summed E-state index contributed by atoms with van der Waals surface area (Å²) in [5.74, 6) is -1.65. The Balaban J connectivity index is 1.55. The van der Waals surface area contributed by atoms with E-state index in [0.29, 0.717) is 0 Å². The van der Waals surface area contributed by atoms with Gasteiger partial charge >= 0.3 is 6.18 Å². The van der Waals surface area contributed by atoms with E-state index in [0.717, 1.165) is 18.9 Å². The number of halogens is 4. The van der Waals surface area contributed by atoms with Crippen molar-refractivity contribution in [2.45, 2.75) is 43.6 Å². The molecule has 1 atom stereocenters. The van der Waals surface area contributed by atoms with Crippen LogP contribution in [0.25, 0.3) is 11.2 Å².